The first-order valence-corrected chi connectivity index (χ1v) is 9.02. The number of hydrogen-bond donors (Lipinski definition) is 0. The van der Waals surface area contributed by atoms with Crippen LogP contribution in [0.2, 0.25) is 0 Å². The Morgan fingerprint density at radius 3 is 2.37 bits per heavy atom. The zero-order chi connectivity index (χ0) is 19.2. The Morgan fingerprint density at radius 2 is 1.67 bits per heavy atom. The van der Waals surface area contributed by atoms with E-state index in [1.807, 2.05) is 0 Å². The molecule has 27 heavy (non-hydrogen) atoms. The summed E-state index contributed by atoms with van der Waals surface area (Å²) in [6.07, 6.45) is 0.212. The van der Waals surface area contributed by atoms with Crippen molar-refractivity contribution >= 4 is 28.8 Å². The summed E-state index contributed by atoms with van der Waals surface area (Å²) in [4.78, 5) is 36.1. The van der Waals surface area contributed by atoms with Gasteiger partial charge in [-0.3, -0.25) is 14.9 Å². The Morgan fingerprint density at radius 1 is 0.963 bits per heavy atom. The summed E-state index contributed by atoms with van der Waals surface area (Å²) in [6, 6.07) is 16.2. The van der Waals surface area contributed by atoms with Crippen LogP contribution in [0.5, 0.6) is 0 Å². The summed E-state index contributed by atoms with van der Waals surface area (Å²) in [7, 11) is 0. The van der Waals surface area contributed by atoms with Crippen LogP contribution in [-0.2, 0) is 11.2 Å². The second kappa shape index (κ2) is 8.37. The van der Waals surface area contributed by atoms with Gasteiger partial charge in [-0.1, -0.05) is 42.5 Å². The zero-order valence-corrected chi connectivity index (χ0v) is 15.0. The molecule has 0 atom stereocenters. The van der Waals surface area contributed by atoms with E-state index >= 15 is 0 Å². The van der Waals surface area contributed by atoms with E-state index in [0.717, 1.165) is 0 Å². The third-order valence-corrected chi connectivity index (χ3v) is 4.80. The molecule has 0 radical (unpaired) electrons. The van der Waals surface area contributed by atoms with Gasteiger partial charge in [0.1, 0.15) is 0 Å². The number of ether oxygens (including phenoxy) is 1. The van der Waals surface area contributed by atoms with E-state index in [2.05, 4.69) is 0 Å². The minimum atomic E-state index is -0.630. The van der Waals surface area contributed by atoms with E-state index in [9.17, 15) is 19.7 Å². The first kappa shape index (κ1) is 18.5. The van der Waals surface area contributed by atoms with Gasteiger partial charge in [0.2, 0.25) is 5.78 Å². The SMILES string of the molecule is O=C(OCCc1ccccc1[N+](=O)[O-])c1ccccc1C(=O)c1cccs1. The fourth-order valence-corrected chi connectivity index (χ4v) is 3.31. The van der Waals surface area contributed by atoms with Crippen LogP contribution in [0, 0.1) is 10.1 Å². The average Bonchev–Trinajstić information content (AvgIpc) is 3.22. The smallest absolute Gasteiger partial charge is 0.338 e. The molecule has 6 nitrogen and oxygen atoms in total. The number of nitro benzene ring substituents is 1. The van der Waals surface area contributed by atoms with Gasteiger partial charge in [-0.25, -0.2) is 4.79 Å². The fourth-order valence-electron chi connectivity index (χ4n) is 2.63. The Kier molecular flexibility index (Phi) is 5.73. The number of rotatable bonds is 7. The Labute approximate surface area is 159 Å². The number of hydrogen-bond acceptors (Lipinski definition) is 6. The maximum absolute atomic E-state index is 12.6. The number of nitro groups is 1. The van der Waals surface area contributed by atoms with Crippen molar-refractivity contribution in [2.75, 3.05) is 6.61 Å². The van der Waals surface area contributed by atoms with Crippen LogP contribution in [0.25, 0.3) is 0 Å². The average molecular weight is 381 g/mol. The van der Waals surface area contributed by atoms with E-state index in [0.29, 0.717) is 10.4 Å². The molecule has 2 aromatic carbocycles. The molecule has 1 aromatic heterocycles. The highest BCUT2D eigenvalue weighted by Crippen LogP contribution is 2.20. The first-order chi connectivity index (χ1) is 13.1. The molecule has 0 fully saturated rings. The Bertz CT molecular complexity index is 982. The number of thiophene rings is 1. The quantitative estimate of drug-likeness (QED) is 0.264. The largest absolute Gasteiger partial charge is 0.462 e. The maximum atomic E-state index is 12.6. The van der Waals surface area contributed by atoms with Crippen molar-refractivity contribution in [3.8, 4) is 0 Å². The molecular weight excluding hydrogens is 366 g/mol. The van der Waals surface area contributed by atoms with Crippen LogP contribution in [0.1, 0.15) is 31.2 Å². The van der Waals surface area contributed by atoms with Crippen LogP contribution in [-0.4, -0.2) is 23.3 Å². The van der Waals surface area contributed by atoms with E-state index in [1.165, 1.54) is 23.5 Å². The van der Waals surface area contributed by atoms with Crippen molar-refractivity contribution in [1.82, 2.24) is 0 Å². The van der Waals surface area contributed by atoms with E-state index in [-0.39, 0.29) is 35.6 Å². The molecule has 0 spiro atoms. The van der Waals surface area contributed by atoms with Gasteiger partial charge in [-0.2, -0.15) is 0 Å². The minimum Gasteiger partial charge on any atom is -0.462 e. The van der Waals surface area contributed by atoms with Crippen LogP contribution in [0.3, 0.4) is 0 Å². The molecular formula is C20H15NO5S. The molecule has 0 aliphatic heterocycles. The van der Waals surface area contributed by atoms with Crippen LogP contribution in [0.15, 0.2) is 66.0 Å². The first-order valence-electron chi connectivity index (χ1n) is 8.14. The minimum absolute atomic E-state index is 0.0122. The van der Waals surface area contributed by atoms with E-state index < -0.39 is 10.9 Å². The van der Waals surface area contributed by atoms with Gasteiger partial charge in [-0.05, 0) is 17.5 Å². The molecule has 0 amide bonds. The van der Waals surface area contributed by atoms with Crippen LogP contribution < -0.4 is 0 Å². The van der Waals surface area contributed by atoms with Gasteiger partial charge in [0, 0.05) is 23.6 Å². The zero-order valence-electron chi connectivity index (χ0n) is 14.2. The number of carbonyl (C=O) groups is 2. The topological polar surface area (TPSA) is 86.5 Å². The van der Waals surface area contributed by atoms with E-state index in [1.54, 1.807) is 53.9 Å². The summed E-state index contributed by atoms with van der Waals surface area (Å²) in [6.45, 7) is -0.0226. The number of para-hydroxylation sites is 1. The number of benzene rings is 2. The molecule has 136 valence electrons. The lowest BCUT2D eigenvalue weighted by Crippen LogP contribution is -2.13. The predicted molar refractivity (Wildman–Crippen MR) is 101 cm³/mol. The molecule has 0 aliphatic carbocycles. The second-order valence-corrected chi connectivity index (χ2v) is 6.57. The van der Waals surface area contributed by atoms with Gasteiger partial charge in [0.25, 0.3) is 5.69 Å². The van der Waals surface area contributed by atoms with Gasteiger partial charge in [0.15, 0.2) is 0 Å². The summed E-state index contributed by atoms with van der Waals surface area (Å²) in [5.41, 5.74) is 0.925. The van der Waals surface area contributed by atoms with Gasteiger partial charge in [-0.15, -0.1) is 11.3 Å². The molecule has 0 aliphatic rings. The summed E-state index contributed by atoms with van der Waals surface area (Å²) < 4.78 is 5.26. The number of carbonyl (C=O) groups excluding carboxylic acids is 2. The summed E-state index contributed by atoms with van der Waals surface area (Å²) >= 11 is 1.30. The fraction of sp³-hybridized carbons (Fsp3) is 0.100. The third kappa shape index (κ3) is 4.27. The van der Waals surface area contributed by atoms with Crippen molar-refractivity contribution < 1.29 is 19.2 Å². The Balaban J connectivity index is 1.71. The van der Waals surface area contributed by atoms with Crippen molar-refractivity contribution in [2.24, 2.45) is 0 Å². The molecule has 0 saturated carbocycles. The van der Waals surface area contributed by atoms with Gasteiger partial charge < -0.3 is 4.74 Å². The van der Waals surface area contributed by atoms with Crippen molar-refractivity contribution in [3.05, 3.63) is 97.7 Å². The maximum Gasteiger partial charge on any atom is 0.338 e. The normalized spacial score (nSPS) is 10.4. The Hall–Kier alpha value is -3.32. The molecule has 0 bridgehead atoms. The van der Waals surface area contributed by atoms with Crippen molar-refractivity contribution in [3.63, 3.8) is 0 Å². The molecule has 7 heteroatoms. The number of nitrogens with zero attached hydrogens (tertiary/aromatic N) is 1. The van der Waals surface area contributed by atoms with Crippen LogP contribution >= 0.6 is 11.3 Å². The lowest BCUT2D eigenvalue weighted by molar-refractivity contribution is -0.385. The third-order valence-electron chi connectivity index (χ3n) is 3.93. The standard InChI is InChI=1S/C20H15NO5S/c22-19(18-10-5-13-27-18)15-7-2-3-8-16(15)20(23)26-12-11-14-6-1-4-9-17(14)21(24)25/h1-10,13H,11-12H2. The van der Waals surface area contributed by atoms with Crippen molar-refractivity contribution in [2.45, 2.75) is 6.42 Å². The van der Waals surface area contributed by atoms with Crippen molar-refractivity contribution in [1.29, 1.82) is 0 Å². The predicted octanol–water partition coefficient (Wildman–Crippen LogP) is 4.29. The lowest BCUT2D eigenvalue weighted by Gasteiger charge is -2.09. The molecule has 0 unspecified atom stereocenters. The summed E-state index contributed by atoms with van der Waals surface area (Å²) in [5, 5.41) is 12.8. The molecule has 0 N–H and O–H groups in total. The lowest BCUT2D eigenvalue weighted by atomic mass is 10.0. The number of esters is 1. The van der Waals surface area contributed by atoms with Gasteiger partial charge >= 0.3 is 5.97 Å². The second-order valence-electron chi connectivity index (χ2n) is 5.62. The molecule has 0 saturated heterocycles. The highest BCUT2D eigenvalue weighted by molar-refractivity contribution is 7.12. The number of ketones is 1. The van der Waals surface area contributed by atoms with Crippen LogP contribution in [0.4, 0.5) is 5.69 Å². The monoisotopic (exact) mass is 381 g/mol. The highest BCUT2D eigenvalue weighted by atomic mass is 32.1. The molecule has 3 rings (SSSR count). The molecule has 1 heterocycles. The summed E-state index contributed by atoms with van der Waals surface area (Å²) in [5.74, 6) is -0.870. The van der Waals surface area contributed by atoms with E-state index in [4.69, 9.17) is 4.74 Å². The highest BCUT2D eigenvalue weighted by Gasteiger charge is 2.20. The van der Waals surface area contributed by atoms with Gasteiger partial charge in [0.05, 0.1) is 22.0 Å². The molecule has 3 aromatic rings.